The van der Waals surface area contributed by atoms with Gasteiger partial charge in [0.05, 0.1) is 12.2 Å². The van der Waals surface area contributed by atoms with E-state index in [0.29, 0.717) is 6.54 Å². The first-order chi connectivity index (χ1) is 8.33. The summed E-state index contributed by atoms with van der Waals surface area (Å²) in [5.74, 6) is 0. The third kappa shape index (κ3) is 3.26. The summed E-state index contributed by atoms with van der Waals surface area (Å²) in [6.07, 6.45) is 7.45. The van der Waals surface area contributed by atoms with Gasteiger partial charge in [-0.1, -0.05) is 25.0 Å². The molecule has 0 aromatic carbocycles. The first-order valence-electron chi connectivity index (χ1n) is 6.66. The molecule has 2 rings (SSSR count). The maximum absolute atomic E-state index is 5.52. The average Bonchev–Trinajstić information content (AvgIpc) is 3.00. The third-order valence-corrected chi connectivity index (χ3v) is 3.66. The van der Waals surface area contributed by atoms with Crippen molar-refractivity contribution in [3.8, 4) is 0 Å². The molecule has 17 heavy (non-hydrogen) atoms. The van der Waals surface area contributed by atoms with E-state index in [4.69, 9.17) is 5.73 Å². The number of rotatable bonds is 6. The summed E-state index contributed by atoms with van der Waals surface area (Å²) in [5, 5.41) is 8.09. The Bertz CT molecular complexity index is 329. The van der Waals surface area contributed by atoms with Crippen LogP contribution in [0.3, 0.4) is 0 Å². The van der Waals surface area contributed by atoms with Gasteiger partial charge in [0.25, 0.3) is 0 Å². The minimum atomic E-state index is 0.472. The Hall–Kier alpha value is -0.940. The zero-order valence-electron chi connectivity index (χ0n) is 10.7. The SMILES string of the molecule is CCN(CCn1cc(CN)nn1)C1CCCC1. The molecule has 0 aliphatic heterocycles. The molecule has 96 valence electrons. The van der Waals surface area contributed by atoms with Crippen LogP contribution in [0.25, 0.3) is 0 Å². The molecule has 1 aromatic heterocycles. The van der Waals surface area contributed by atoms with Gasteiger partial charge in [-0.3, -0.25) is 9.58 Å². The van der Waals surface area contributed by atoms with Crippen LogP contribution in [0.15, 0.2) is 6.20 Å². The van der Waals surface area contributed by atoms with E-state index in [0.717, 1.165) is 31.4 Å². The van der Waals surface area contributed by atoms with E-state index < -0.39 is 0 Å². The van der Waals surface area contributed by atoms with Gasteiger partial charge in [0.1, 0.15) is 0 Å². The molecule has 1 aromatic rings. The number of likely N-dealkylation sites (N-methyl/N-ethyl adjacent to an activating group) is 1. The first-order valence-corrected chi connectivity index (χ1v) is 6.66. The summed E-state index contributed by atoms with van der Waals surface area (Å²) in [6.45, 7) is 5.82. The van der Waals surface area contributed by atoms with Crippen LogP contribution in [0.5, 0.6) is 0 Å². The monoisotopic (exact) mass is 237 g/mol. The fraction of sp³-hybridized carbons (Fsp3) is 0.833. The van der Waals surface area contributed by atoms with Gasteiger partial charge >= 0.3 is 0 Å². The van der Waals surface area contributed by atoms with E-state index in [1.807, 2.05) is 10.9 Å². The topological polar surface area (TPSA) is 60.0 Å². The highest BCUT2D eigenvalue weighted by Gasteiger charge is 2.20. The van der Waals surface area contributed by atoms with Crippen molar-refractivity contribution in [2.24, 2.45) is 5.73 Å². The maximum Gasteiger partial charge on any atom is 0.0962 e. The summed E-state index contributed by atoms with van der Waals surface area (Å²) < 4.78 is 1.90. The minimum Gasteiger partial charge on any atom is -0.325 e. The summed E-state index contributed by atoms with van der Waals surface area (Å²) in [4.78, 5) is 2.57. The Morgan fingerprint density at radius 2 is 2.24 bits per heavy atom. The van der Waals surface area contributed by atoms with Crippen molar-refractivity contribution >= 4 is 0 Å². The minimum absolute atomic E-state index is 0.472. The molecule has 0 atom stereocenters. The fourth-order valence-electron chi connectivity index (χ4n) is 2.64. The average molecular weight is 237 g/mol. The molecule has 0 bridgehead atoms. The Balaban J connectivity index is 1.82. The van der Waals surface area contributed by atoms with Crippen molar-refractivity contribution in [2.45, 2.75) is 51.7 Å². The lowest BCUT2D eigenvalue weighted by Crippen LogP contribution is -2.35. The molecule has 0 spiro atoms. The molecular formula is C12H23N5. The van der Waals surface area contributed by atoms with Gasteiger partial charge in [0.15, 0.2) is 0 Å². The molecule has 1 saturated carbocycles. The van der Waals surface area contributed by atoms with Crippen molar-refractivity contribution < 1.29 is 0 Å². The van der Waals surface area contributed by atoms with Gasteiger partial charge < -0.3 is 5.73 Å². The summed E-state index contributed by atoms with van der Waals surface area (Å²) >= 11 is 0. The molecule has 0 unspecified atom stereocenters. The number of aromatic nitrogens is 3. The summed E-state index contributed by atoms with van der Waals surface area (Å²) in [6, 6.07) is 0.789. The van der Waals surface area contributed by atoms with Gasteiger partial charge in [-0.2, -0.15) is 0 Å². The van der Waals surface area contributed by atoms with Crippen molar-refractivity contribution in [3.63, 3.8) is 0 Å². The van der Waals surface area contributed by atoms with Crippen LogP contribution >= 0.6 is 0 Å². The number of hydrogen-bond donors (Lipinski definition) is 1. The number of nitrogens with two attached hydrogens (primary N) is 1. The second-order valence-electron chi connectivity index (χ2n) is 4.74. The van der Waals surface area contributed by atoms with Crippen molar-refractivity contribution in [2.75, 3.05) is 13.1 Å². The lowest BCUT2D eigenvalue weighted by Gasteiger charge is -2.27. The van der Waals surface area contributed by atoms with Gasteiger partial charge in [0, 0.05) is 25.3 Å². The molecule has 1 fully saturated rings. The summed E-state index contributed by atoms with van der Waals surface area (Å²) in [7, 11) is 0. The molecule has 2 N–H and O–H groups in total. The van der Waals surface area contributed by atoms with Crippen LogP contribution in [0.4, 0.5) is 0 Å². The first kappa shape index (κ1) is 12.5. The smallest absolute Gasteiger partial charge is 0.0962 e. The van der Waals surface area contributed by atoms with Crippen LogP contribution in [0.2, 0.25) is 0 Å². The normalized spacial score (nSPS) is 17.1. The van der Waals surface area contributed by atoms with E-state index in [9.17, 15) is 0 Å². The molecule has 1 aliphatic rings. The largest absolute Gasteiger partial charge is 0.325 e. The van der Waals surface area contributed by atoms with Crippen LogP contribution < -0.4 is 5.73 Å². The van der Waals surface area contributed by atoms with Crippen LogP contribution in [0, 0.1) is 0 Å². The fourth-order valence-corrected chi connectivity index (χ4v) is 2.64. The third-order valence-electron chi connectivity index (χ3n) is 3.66. The lowest BCUT2D eigenvalue weighted by molar-refractivity contribution is 0.198. The van der Waals surface area contributed by atoms with Crippen LogP contribution in [0.1, 0.15) is 38.3 Å². The highest BCUT2D eigenvalue weighted by Crippen LogP contribution is 2.23. The Morgan fingerprint density at radius 3 is 2.82 bits per heavy atom. The van der Waals surface area contributed by atoms with Gasteiger partial charge in [-0.15, -0.1) is 5.10 Å². The molecule has 5 heteroatoms. The summed E-state index contributed by atoms with van der Waals surface area (Å²) in [5.41, 5.74) is 6.39. The quantitative estimate of drug-likeness (QED) is 0.802. The van der Waals surface area contributed by atoms with Gasteiger partial charge in [0.2, 0.25) is 0 Å². The van der Waals surface area contributed by atoms with E-state index in [-0.39, 0.29) is 0 Å². The van der Waals surface area contributed by atoms with Crippen LogP contribution in [-0.2, 0) is 13.1 Å². The van der Waals surface area contributed by atoms with Gasteiger partial charge in [-0.25, -0.2) is 0 Å². The van der Waals surface area contributed by atoms with Crippen LogP contribution in [-0.4, -0.2) is 39.0 Å². The zero-order valence-corrected chi connectivity index (χ0v) is 10.7. The second kappa shape index (κ2) is 6.12. The van der Waals surface area contributed by atoms with Crippen molar-refractivity contribution in [1.82, 2.24) is 19.9 Å². The molecule has 5 nitrogen and oxygen atoms in total. The highest BCUT2D eigenvalue weighted by atomic mass is 15.4. The molecular weight excluding hydrogens is 214 g/mol. The molecule has 0 radical (unpaired) electrons. The van der Waals surface area contributed by atoms with E-state index in [2.05, 4.69) is 22.1 Å². The van der Waals surface area contributed by atoms with E-state index in [1.54, 1.807) is 0 Å². The highest BCUT2D eigenvalue weighted by molar-refractivity contribution is 4.90. The Labute approximate surface area is 103 Å². The molecule has 0 amide bonds. The molecule has 0 saturated heterocycles. The molecule has 1 aliphatic carbocycles. The lowest BCUT2D eigenvalue weighted by atomic mass is 10.2. The zero-order chi connectivity index (χ0) is 12.1. The van der Waals surface area contributed by atoms with E-state index >= 15 is 0 Å². The number of nitrogens with zero attached hydrogens (tertiary/aromatic N) is 4. The maximum atomic E-state index is 5.52. The van der Waals surface area contributed by atoms with Crippen molar-refractivity contribution in [3.05, 3.63) is 11.9 Å². The molecule has 1 heterocycles. The predicted octanol–water partition coefficient (Wildman–Crippen LogP) is 1.00. The van der Waals surface area contributed by atoms with E-state index in [1.165, 1.54) is 25.7 Å². The standard InChI is InChI=1S/C12H23N5/c1-2-16(12-5-3-4-6-12)7-8-17-10-11(9-13)14-15-17/h10,12H,2-9,13H2,1H3. The Kier molecular flexibility index (Phi) is 4.50. The second-order valence-corrected chi connectivity index (χ2v) is 4.74. The van der Waals surface area contributed by atoms with Gasteiger partial charge in [-0.05, 0) is 19.4 Å². The number of hydrogen-bond acceptors (Lipinski definition) is 4. The predicted molar refractivity (Wildman–Crippen MR) is 67.4 cm³/mol. The Morgan fingerprint density at radius 1 is 1.47 bits per heavy atom. The van der Waals surface area contributed by atoms with Crippen molar-refractivity contribution in [1.29, 1.82) is 0 Å².